The maximum Gasteiger partial charge on any atom is 0.0573 e. The SMILES string of the molecule is NCc1ccccc1N(Sc1ccccc1)c1ccccc1. The summed E-state index contributed by atoms with van der Waals surface area (Å²) in [5.74, 6) is 0. The minimum atomic E-state index is 0.523. The van der Waals surface area contributed by atoms with Gasteiger partial charge in [0.15, 0.2) is 0 Å². The summed E-state index contributed by atoms with van der Waals surface area (Å²) in [6, 6.07) is 29.0. The van der Waals surface area contributed by atoms with Crippen LogP contribution in [0.1, 0.15) is 5.56 Å². The van der Waals surface area contributed by atoms with Gasteiger partial charge in [0.2, 0.25) is 0 Å². The molecule has 0 radical (unpaired) electrons. The number of anilines is 2. The molecule has 3 aromatic carbocycles. The van der Waals surface area contributed by atoms with Gasteiger partial charge in [0.25, 0.3) is 0 Å². The minimum absolute atomic E-state index is 0.523. The topological polar surface area (TPSA) is 29.3 Å². The molecule has 0 aliphatic heterocycles. The van der Waals surface area contributed by atoms with Crippen LogP contribution in [0.2, 0.25) is 0 Å². The number of nitrogens with zero attached hydrogens (tertiary/aromatic N) is 1. The van der Waals surface area contributed by atoms with E-state index in [1.807, 2.05) is 18.2 Å². The fourth-order valence-electron chi connectivity index (χ4n) is 2.27. The first-order valence-corrected chi connectivity index (χ1v) is 8.02. The molecule has 0 unspecified atom stereocenters. The lowest BCUT2D eigenvalue weighted by molar-refractivity contribution is 1.07. The average Bonchev–Trinajstić information content (AvgIpc) is 2.61. The molecule has 2 N–H and O–H groups in total. The lowest BCUT2D eigenvalue weighted by atomic mass is 10.1. The van der Waals surface area contributed by atoms with Crippen molar-refractivity contribution in [2.45, 2.75) is 11.4 Å². The Morgan fingerprint density at radius 1 is 0.727 bits per heavy atom. The standard InChI is InChI=1S/C19H18N2S/c20-15-16-9-7-8-14-19(16)21(17-10-3-1-4-11-17)22-18-12-5-2-6-13-18/h1-14H,15,20H2. The summed E-state index contributed by atoms with van der Waals surface area (Å²) >= 11 is 1.70. The Balaban J connectivity index is 2.03. The van der Waals surface area contributed by atoms with Crippen LogP contribution >= 0.6 is 11.9 Å². The highest BCUT2D eigenvalue weighted by molar-refractivity contribution is 8.01. The van der Waals surface area contributed by atoms with E-state index in [-0.39, 0.29) is 0 Å². The molecule has 0 aliphatic carbocycles. The Morgan fingerprint density at radius 2 is 1.32 bits per heavy atom. The van der Waals surface area contributed by atoms with E-state index in [1.54, 1.807) is 11.9 Å². The molecule has 2 nitrogen and oxygen atoms in total. The summed E-state index contributed by atoms with van der Waals surface area (Å²) in [5.41, 5.74) is 9.32. The van der Waals surface area contributed by atoms with Crippen LogP contribution < -0.4 is 10.0 Å². The molecule has 0 atom stereocenters. The van der Waals surface area contributed by atoms with Crippen LogP contribution in [0, 0.1) is 0 Å². The van der Waals surface area contributed by atoms with Gasteiger partial charge >= 0.3 is 0 Å². The summed E-state index contributed by atoms with van der Waals surface area (Å²) in [6.07, 6.45) is 0. The van der Waals surface area contributed by atoms with Gasteiger partial charge in [-0.3, -0.25) is 4.31 Å². The van der Waals surface area contributed by atoms with Crippen LogP contribution in [-0.2, 0) is 6.54 Å². The van der Waals surface area contributed by atoms with Gasteiger partial charge in [-0.2, -0.15) is 0 Å². The van der Waals surface area contributed by atoms with Crippen molar-refractivity contribution in [1.29, 1.82) is 0 Å². The molecule has 0 fully saturated rings. The molecule has 0 aliphatic rings. The van der Waals surface area contributed by atoms with E-state index < -0.39 is 0 Å². The van der Waals surface area contributed by atoms with E-state index in [1.165, 1.54) is 4.90 Å². The highest BCUT2D eigenvalue weighted by Gasteiger charge is 2.14. The number of nitrogens with two attached hydrogens (primary N) is 1. The van der Waals surface area contributed by atoms with Gasteiger partial charge in [0.05, 0.1) is 11.4 Å². The van der Waals surface area contributed by atoms with Gasteiger partial charge in [0.1, 0.15) is 0 Å². The average molecular weight is 306 g/mol. The van der Waals surface area contributed by atoms with Crippen molar-refractivity contribution in [2.75, 3.05) is 4.31 Å². The van der Waals surface area contributed by atoms with E-state index in [0.29, 0.717) is 6.54 Å². The molecule has 22 heavy (non-hydrogen) atoms. The smallest absolute Gasteiger partial charge is 0.0573 e. The van der Waals surface area contributed by atoms with Crippen molar-refractivity contribution >= 4 is 23.3 Å². The molecule has 0 spiro atoms. The number of hydrogen-bond donors (Lipinski definition) is 1. The normalized spacial score (nSPS) is 10.4. The zero-order valence-electron chi connectivity index (χ0n) is 12.2. The second-order valence-electron chi connectivity index (χ2n) is 4.87. The third-order valence-electron chi connectivity index (χ3n) is 3.36. The van der Waals surface area contributed by atoms with Crippen molar-refractivity contribution < 1.29 is 0 Å². The van der Waals surface area contributed by atoms with E-state index in [9.17, 15) is 0 Å². The zero-order valence-corrected chi connectivity index (χ0v) is 13.0. The van der Waals surface area contributed by atoms with E-state index in [0.717, 1.165) is 16.9 Å². The summed E-state index contributed by atoms with van der Waals surface area (Å²) in [7, 11) is 0. The van der Waals surface area contributed by atoms with Crippen LogP contribution in [0.25, 0.3) is 0 Å². The third-order valence-corrected chi connectivity index (χ3v) is 4.43. The summed E-state index contributed by atoms with van der Waals surface area (Å²) in [5, 5.41) is 0. The fraction of sp³-hybridized carbons (Fsp3) is 0.0526. The Labute approximate surface area is 135 Å². The molecular weight excluding hydrogens is 288 g/mol. The van der Waals surface area contributed by atoms with Crippen molar-refractivity contribution in [3.05, 3.63) is 90.5 Å². The lowest BCUT2D eigenvalue weighted by Gasteiger charge is -2.25. The van der Waals surface area contributed by atoms with Gasteiger partial charge in [-0.15, -0.1) is 0 Å². The quantitative estimate of drug-likeness (QED) is 0.673. The summed E-state index contributed by atoms with van der Waals surface area (Å²) < 4.78 is 2.23. The molecule has 110 valence electrons. The number of rotatable bonds is 5. The molecule has 0 amide bonds. The molecule has 0 heterocycles. The highest BCUT2D eigenvalue weighted by atomic mass is 32.2. The molecular formula is C19H18N2S. The number of benzene rings is 3. The maximum atomic E-state index is 5.92. The van der Waals surface area contributed by atoms with Crippen molar-refractivity contribution in [2.24, 2.45) is 5.73 Å². The highest BCUT2D eigenvalue weighted by Crippen LogP contribution is 2.38. The first-order chi connectivity index (χ1) is 10.9. The number of hydrogen-bond acceptors (Lipinski definition) is 3. The van der Waals surface area contributed by atoms with Crippen LogP contribution in [-0.4, -0.2) is 0 Å². The van der Waals surface area contributed by atoms with Gasteiger partial charge in [-0.1, -0.05) is 54.6 Å². The summed E-state index contributed by atoms with van der Waals surface area (Å²) in [4.78, 5) is 1.19. The zero-order chi connectivity index (χ0) is 15.2. The lowest BCUT2D eigenvalue weighted by Crippen LogP contribution is -2.11. The maximum absolute atomic E-state index is 5.92. The Hall–Kier alpha value is -2.23. The Morgan fingerprint density at radius 3 is 2.00 bits per heavy atom. The first kappa shape index (κ1) is 14.7. The molecule has 0 saturated carbocycles. The van der Waals surface area contributed by atoms with Crippen molar-refractivity contribution in [3.8, 4) is 0 Å². The second-order valence-corrected chi connectivity index (χ2v) is 5.89. The minimum Gasteiger partial charge on any atom is -0.326 e. The molecule has 3 aromatic rings. The van der Waals surface area contributed by atoms with Crippen molar-refractivity contribution in [1.82, 2.24) is 0 Å². The van der Waals surface area contributed by atoms with Gasteiger partial charge < -0.3 is 5.73 Å². The fourth-order valence-corrected chi connectivity index (χ4v) is 3.27. The van der Waals surface area contributed by atoms with E-state index in [2.05, 4.69) is 71.0 Å². The Bertz CT molecular complexity index is 714. The van der Waals surface area contributed by atoms with Crippen molar-refractivity contribution in [3.63, 3.8) is 0 Å². The van der Waals surface area contributed by atoms with Crippen LogP contribution in [0.3, 0.4) is 0 Å². The molecule has 0 aromatic heterocycles. The number of para-hydroxylation sites is 2. The van der Waals surface area contributed by atoms with Crippen LogP contribution in [0.5, 0.6) is 0 Å². The summed E-state index contributed by atoms with van der Waals surface area (Å²) in [6.45, 7) is 0.523. The predicted molar refractivity (Wildman–Crippen MR) is 95.2 cm³/mol. The van der Waals surface area contributed by atoms with E-state index >= 15 is 0 Å². The van der Waals surface area contributed by atoms with Crippen LogP contribution in [0.4, 0.5) is 11.4 Å². The third kappa shape index (κ3) is 3.32. The molecule has 0 saturated heterocycles. The monoisotopic (exact) mass is 306 g/mol. The first-order valence-electron chi connectivity index (χ1n) is 7.24. The second kappa shape index (κ2) is 7.16. The molecule has 3 rings (SSSR count). The molecule has 3 heteroatoms. The Kier molecular flexibility index (Phi) is 4.78. The predicted octanol–water partition coefficient (Wildman–Crippen LogP) is 4.99. The molecule has 0 bridgehead atoms. The van der Waals surface area contributed by atoms with Gasteiger partial charge in [0, 0.05) is 11.4 Å². The van der Waals surface area contributed by atoms with Gasteiger partial charge in [-0.25, -0.2) is 0 Å². The largest absolute Gasteiger partial charge is 0.326 e. The van der Waals surface area contributed by atoms with E-state index in [4.69, 9.17) is 5.73 Å². The van der Waals surface area contributed by atoms with Gasteiger partial charge in [-0.05, 0) is 47.8 Å². The van der Waals surface area contributed by atoms with Crippen LogP contribution in [0.15, 0.2) is 89.8 Å².